The van der Waals surface area contributed by atoms with Gasteiger partial charge in [0.15, 0.2) is 4.60 Å². The fourth-order valence-corrected chi connectivity index (χ4v) is 1.19. The van der Waals surface area contributed by atoms with Crippen molar-refractivity contribution < 1.29 is 0 Å². The van der Waals surface area contributed by atoms with Crippen molar-refractivity contribution in [2.75, 3.05) is 0 Å². The third kappa shape index (κ3) is 2.15. The lowest BCUT2D eigenvalue weighted by molar-refractivity contribution is 0.598. The lowest BCUT2D eigenvalue weighted by Gasteiger charge is -1.97. The molecule has 2 N–H and O–H groups in total. The second kappa shape index (κ2) is 4.69. The summed E-state index contributed by atoms with van der Waals surface area (Å²) in [6, 6.07) is 0. The monoisotopic (exact) mass is 240 g/mol. The van der Waals surface area contributed by atoms with Crippen LogP contribution in [-0.2, 0) is 13.1 Å². The van der Waals surface area contributed by atoms with E-state index in [1.165, 1.54) is 0 Å². The van der Waals surface area contributed by atoms with Gasteiger partial charge in [0.2, 0.25) is 0 Å². The maximum absolute atomic E-state index is 5.44. The van der Waals surface area contributed by atoms with E-state index in [2.05, 4.69) is 26.2 Å². The van der Waals surface area contributed by atoms with Gasteiger partial charge in [-0.1, -0.05) is 5.21 Å². The number of aromatic nitrogens is 3. The zero-order chi connectivity index (χ0) is 7.56. The second-order valence-corrected chi connectivity index (χ2v) is 2.60. The summed E-state index contributed by atoms with van der Waals surface area (Å²) in [5, 5.41) is 7.65. The maximum Gasteiger partial charge on any atom is 0.152 e. The summed E-state index contributed by atoms with van der Waals surface area (Å²) < 4.78 is 2.52. The Morgan fingerprint density at radius 3 is 2.64 bits per heavy atom. The van der Waals surface area contributed by atoms with Gasteiger partial charge in [-0.25, -0.2) is 4.68 Å². The molecule has 1 heterocycles. The van der Waals surface area contributed by atoms with Crippen molar-refractivity contribution in [3.8, 4) is 0 Å². The van der Waals surface area contributed by atoms with Gasteiger partial charge in [-0.15, -0.1) is 17.5 Å². The topological polar surface area (TPSA) is 56.7 Å². The number of hydrogen-bond acceptors (Lipinski definition) is 3. The Morgan fingerprint density at radius 1 is 1.64 bits per heavy atom. The quantitative estimate of drug-likeness (QED) is 0.838. The molecule has 6 heteroatoms. The SMILES string of the molecule is CCn1nnc(Br)c1CN.Cl. The highest BCUT2D eigenvalue weighted by molar-refractivity contribution is 9.10. The van der Waals surface area contributed by atoms with Crippen LogP contribution in [0.15, 0.2) is 4.60 Å². The first-order valence-corrected chi connectivity index (χ1v) is 3.86. The molecule has 0 spiro atoms. The summed E-state index contributed by atoms with van der Waals surface area (Å²) in [6.07, 6.45) is 0. The molecule has 0 bridgehead atoms. The second-order valence-electron chi connectivity index (χ2n) is 1.85. The molecular formula is C5H10BrClN4. The number of rotatable bonds is 2. The predicted octanol–water partition coefficient (Wildman–Crippen LogP) is 0.941. The van der Waals surface area contributed by atoms with Crippen LogP contribution in [0.3, 0.4) is 0 Å². The molecule has 0 aliphatic heterocycles. The molecule has 64 valence electrons. The van der Waals surface area contributed by atoms with Gasteiger partial charge in [0.1, 0.15) is 0 Å². The van der Waals surface area contributed by atoms with Crippen molar-refractivity contribution in [3.63, 3.8) is 0 Å². The van der Waals surface area contributed by atoms with Crippen molar-refractivity contribution in [2.45, 2.75) is 20.0 Å². The normalized spacial score (nSPS) is 9.36. The average Bonchev–Trinajstić information content (AvgIpc) is 2.30. The Kier molecular flexibility index (Phi) is 4.63. The smallest absolute Gasteiger partial charge is 0.152 e. The fraction of sp³-hybridized carbons (Fsp3) is 0.600. The lowest BCUT2D eigenvalue weighted by atomic mass is 10.5. The minimum absolute atomic E-state index is 0. The number of nitrogens with zero attached hydrogens (tertiary/aromatic N) is 3. The van der Waals surface area contributed by atoms with Gasteiger partial charge >= 0.3 is 0 Å². The van der Waals surface area contributed by atoms with Crippen LogP contribution in [0.1, 0.15) is 12.6 Å². The lowest BCUT2D eigenvalue weighted by Crippen LogP contribution is -2.07. The van der Waals surface area contributed by atoms with Crippen molar-refractivity contribution in [2.24, 2.45) is 5.73 Å². The minimum Gasteiger partial charge on any atom is -0.325 e. The van der Waals surface area contributed by atoms with Crippen LogP contribution in [0.5, 0.6) is 0 Å². The van der Waals surface area contributed by atoms with Crippen molar-refractivity contribution >= 4 is 28.3 Å². The van der Waals surface area contributed by atoms with E-state index in [9.17, 15) is 0 Å². The van der Waals surface area contributed by atoms with Gasteiger partial charge in [-0.05, 0) is 22.9 Å². The van der Waals surface area contributed by atoms with Gasteiger partial charge < -0.3 is 5.73 Å². The number of nitrogens with two attached hydrogens (primary N) is 1. The molecule has 0 atom stereocenters. The largest absolute Gasteiger partial charge is 0.325 e. The van der Waals surface area contributed by atoms with Gasteiger partial charge in [0, 0.05) is 13.1 Å². The van der Waals surface area contributed by atoms with E-state index in [1.807, 2.05) is 6.92 Å². The standard InChI is InChI=1S/C5H9BrN4.ClH/c1-2-10-4(3-7)5(6)8-9-10;/h2-3,7H2,1H3;1H. The first kappa shape index (κ1) is 10.9. The summed E-state index contributed by atoms with van der Waals surface area (Å²) in [7, 11) is 0. The van der Waals surface area contributed by atoms with Crippen LogP contribution in [0.4, 0.5) is 0 Å². The van der Waals surface area contributed by atoms with Crippen LogP contribution in [0, 0.1) is 0 Å². The zero-order valence-electron chi connectivity index (χ0n) is 6.12. The van der Waals surface area contributed by atoms with Gasteiger partial charge in [0.25, 0.3) is 0 Å². The number of aryl methyl sites for hydroxylation is 1. The number of halogens is 2. The number of hydrogen-bond donors (Lipinski definition) is 1. The Morgan fingerprint density at radius 2 is 2.27 bits per heavy atom. The molecule has 1 aromatic heterocycles. The van der Waals surface area contributed by atoms with E-state index in [4.69, 9.17) is 5.73 Å². The Bertz CT molecular complexity index is 224. The van der Waals surface area contributed by atoms with E-state index in [-0.39, 0.29) is 12.4 Å². The molecular weight excluding hydrogens is 231 g/mol. The first-order chi connectivity index (χ1) is 4.79. The Balaban J connectivity index is 0.000001000. The van der Waals surface area contributed by atoms with E-state index in [0.29, 0.717) is 6.54 Å². The molecule has 0 radical (unpaired) electrons. The third-order valence-electron chi connectivity index (χ3n) is 1.28. The molecule has 0 amide bonds. The maximum atomic E-state index is 5.44. The first-order valence-electron chi connectivity index (χ1n) is 3.07. The van der Waals surface area contributed by atoms with Crippen molar-refractivity contribution in [1.82, 2.24) is 15.0 Å². The van der Waals surface area contributed by atoms with Crippen LogP contribution >= 0.6 is 28.3 Å². The van der Waals surface area contributed by atoms with Gasteiger partial charge in [0.05, 0.1) is 5.69 Å². The van der Waals surface area contributed by atoms with E-state index < -0.39 is 0 Å². The molecule has 0 aliphatic carbocycles. The highest BCUT2D eigenvalue weighted by Crippen LogP contribution is 2.10. The van der Waals surface area contributed by atoms with Crippen LogP contribution in [0.2, 0.25) is 0 Å². The summed E-state index contributed by atoms with van der Waals surface area (Å²) in [5.41, 5.74) is 6.39. The summed E-state index contributed by atoms with van der Waals surface area (Å²) in [6.45, 7) is 3.28. The molecule has 1 rings (SSSR count). The molecule has 1 aromatic rings. The van der Waals surface area contributed by atoms with Gasteiger partial charge in [-0.3, -0.25) is 0 Å². The Hall–Kier alpha value is -0.130. The minimum atomic E-state index is 0. The molecule has 11 heavy (non-hydrogen) atoms. The van der Waals surface area contributed by atoms with Crippen molar-refractivity contribution in [1.29, 1.82) is 0 Å². The molecule has 0 saturated heterocycles. The summed E-state index contributed by atoms with van der Waals surface area (Å²) >= 11 is 3.24. The van der Waals surface area contributed by atoms with Gasteiger partial charge in [-0.2, -0.15) is 0 Å². The highest BCUT2D eigenvalue weighted by Gasteiger charge is 2.05. The van der Waals surface area contributed by atoms with Crippen LogP contribution < -0.4 is 5.73 Å². The van der Waals surface area contributed by atoms with Crippen LogP contribution in [0.25, 0.3) is 0 Å². The van der Waals surface area contributed by atoms with Crippen molar-refractivity contribution in [3.05, 3.63) is 10.3 Å². The molecule has 0 fully saturated rings. The Labute approximate surface area is 79.7 Å². The molecule has 0 unspecified atom stereocenters. The summed E-state index contributed by atoms with van der Waals surface area (Å²) in [5.74, 6) is 0. The zero-order valence-corrected chi connectivity index (χ0v) is 8.52. The van der Waals surface area contributed by atoms with E-state index in [0.717, 1.165) is 16.8 Å². The predicted molar refractivity (Wildman–Crippen MR) is 48.5 cm³/mol. The third-order valence-corrected chi connectivity index (χ3v) is 1.90. The molecule has 0 aromatic carbocycles. The van der Waals surface area contributed by atoms with E-state index >= 15 is 0 Å². The molecule has 0 aliphatic rings. The molecule has 4 nitrogen and oxygen atoms in total. The van der Waals surface area contributed by atoms with E-state index in [1.54, 1.807) is 4.68 Å². The average molecular weight is 242 g/mol. The fourth-order valence-electron chi connectivity index (χ4n) is 0.755. The molecule has 0 saturated carbocycles. The summed E-state index contributed by atoms with van der Waals surface area (Å²) in [4.78, 5) is 0. The van der Waals surface area contributed by atoms with Crippen LogP contribution in [-0.4, -0.2) is 15.0 Å². The highest BCUT2D eigenvalue weighted by atomic mass is 79.9.